The summed E-state index contributed by atoms with van der Waals surface area (Å²) in [5.41, 5.74) is 0.328. The molecule has 0 bridgehead atoms. The van der Waals surface area contributed by atoms with Gasteiger partial charge >= 0.3 is 0 Å². The normalized spacial score (nSPS) is 28.8. The van der Waals surface area contributed by atoms with E-state index in [-0.39, 0.29) is 5.41 Å². The van der Waals surface area contributed by atoms with E-state index in [0.717, 1.165) is 19.5 Å². The summed E-state index contributed by atoms with van der Waals surface area (Å²) in [6.45, 7) is 6.13. The molecule has 0 atom stereocenters. The Morgan fingerprint density at radius 1 is 1.31 bits per heavy atom. The smallest absolute Gasteiger partial charge is 0.141 e. The van der Waals surface area contributed by atoms with Gasteiger partial charge in [0.15, 0.2) is 0 Å². The van der Waals surface area contributed by atoms with Crippen molar-refractivity contribution in [3.8, 4) is 0 Å². The molecule has 1 saturated heterocycles. The summed E-state index contributed by atoms with van der Waals surface area (Å²) < 4.78 is 0. The highest BCUT2D eigenvalue weighted by Gasteiger charge is 2.43. The highest BCUT2D eigenvalue weighted by molar-refractivity contribution is 5.86. The lowest BCUT2D eigenvalue weighted by molar-refractivity contribution is -0.134. The van der Waals surface area contributed by atoms with Crippen LogP contribution in [0, 0.1) is 10.8 Å². The van der Waals surface area contributed by atoms with E-state index in [1.807, 2.05) is 0 Å². The Hall–Kier alpha value is -0.370. The predicted molar refractivity (Wildman–Crippen MR) is 52.6 cm³/mol. The zero-order valence-corrected chi connectivity index (χ0v) is 8.65. The lowest BCUT2D eigenvalue weighted by Crippen LogP contribution is -2.57. The summed E-state index contributed by atoms with van der Waals surface area (Å²) >= 11 is 0. The Labute approximate surface area is 80.1 Å². The summed E-state index contributed by atoms with van der Waals surface area (Å²) in [5, 5.41) is 3.18. The average molecular weight is 181 g/mol. The third-order valence-corrected chi connectivity index (χ3v) is 3.85. The third kappa shape index (κ3) is 1.52. The number of ketones is 1. The lowest BCUT2D eigenvalue weighted by Gasteiger charge is -2.43. The van der Waals surface area contributed by atoms with Gasteiger partial charge in [-0.1, -0.05) is 20.3 Å². The first-order chi connectivity index (χ1) is 6.04. The second-order valence-corrected chi connectivity index (χ2v) is 5.43. The molecule has 0 amide bonds. The van der Waals surface area contributed by atoms with Gasteiger partial charge in [0.05, 0.1) is 5.41 Å². The van der Waals surface area contributed by atoms with Crippen LogP contribution in [0.3, 0.4) is 0 Å². The first-order valence-corrected chi connectivity index (χ1v) is 5.28. The topological polar surface area (TPSA) is 29.1 Å². The maximum absolute atomic E-state index is 11.9. The Morgan fingerprint density at radius 3 is 2.23 bits per heavy atom. The standard InChI is InChI=1S/C11H19NO/c1-10(4-3-5-10)6-9(13)11(2)7-12-8-11/h12H,3-8H2,1-2H3. The highest BCUT2D eigenvalue weighted by Crippen LogP contribution is 2.45. The fraction of sp³-hybridized carbons (Fsp3) is 0.909. The Balaban J connectivity index is 1.90. The Kier molecular flexibility index (Phi) is 1.99. The van der Waals surface area contributed by atoms with Gasteiger partial charge in [0.25, 0.3) is 0 Å². The van der Waals surface area contributed by atoms with Crippen LogP contribution in [0.2, 0.25) is 0 Å². The molecular weight excluding hydrogens is 162 g/mol. The molecule has 2 aliphatic rings. The number of carbonyl (C=O) groups is 1. The van der Waals surface area contributed by atoms with E-state index in [1.165, 1.54) is 19.3 Å². The van der Waals surface area contributed by atoms with Crippen LogP contribution in [0.1, 0.15) is 39.5 Å². The van der Waals surface area contributed by atoms with E-state index in [9.17, 15) is 4.79 Å². The van der Waals surface area contributed by atoms with E-state index in [4.69, 9.17) is 0 Å². The molecule has 0 aromatic rings. The van der Waals surface area contributed by atoms with Gasteiger partial charge < -0.3 is 5.32 Å². The summed E-state index contributed by atoms with van der Waals surface area (Å²) in [6, 6.07) is 0. The SMILES string of the molecule is CC1(CC(=O)C2(C)CNC2)CCC1. The molecule has 0 radical (unpaired) electrons. The molecule has 1 N–H and O–H groups in total. The van der Waals surface area contributed by atoms with Gasteiger partial charge in [0.1, 0.15) is 5.78 Å². The first kappa shape index (κ1) is 9.20. The monoisotopic (exact) mass is 181 g/mol. The van der Waals surface area contributed by atoms with Gasteiger partial charge in [-0.15, -0.1) is 0 Å². The number of hydrogen-bond donors (Lipinski definition) is 1. The summed E-state index contributed by atoms with van der Waals surface area (Å²) in [6.07, 6.45) is 4.63. The summed E-state index contributed by atoms with van der Waals surface area (Å²) in [5.74, 6) is 0.480. The van der Waals surface area contributed by atoms with Crippen LogP contribution < -0.4 is 5.32 Å². The largest absolute Gasteiger partial charge is 0.315 e. The van der Waals surface area contributed by atoms with Crippen molar-refractivity contribution in [3.63, 3.8) is 0 Å². The van der Waals surface area contributed by atoms with Crippen molar-refractivity contribution < 1.29 is 4.79 Å². The zero-order chi connectivity index (χ0) is 9.53. The van der Waals surface area contributed by atoms with Gasteiger partial charge in [-0.2, -0.15) is 0 Å². The quantitative estimate of drug-likeness (QED) is 0.718. The molecule has 0 spiro atoms. The van der Waals surface area contributed by atoms with Crippen molar-refractivity contribution in [1.29, 1.82) is 0 Å². The molecule has 2 fully saturated rings. The number of carbonyl (C=O) groups excluding carboxylic acids is 1. The van der Waals surface area contributed by atoms with Crippen LogP contribution >= 0.6 is 0 Å². The number of nitrogens with one attached hydrogen (secondary N) is 1. The second kappa shape index (κ2) is 2.81. The Bertz CT molecular complexity index is 226. The van der Waals surface area contributed by atoms with Crippen molar-refractivity contribution in [2.75, 3.05) is 13.1 Å². The molecule has 2 nitrogen and oxygen atoms in total. The van der Waals surface area contributed by atoms with Crippen molar-refractivity contribution >= 4 is 5.78 Å². The molecule has 0 unspecified atom stereocenters. The molecule has 1 aliphatic heterocycles. The molecule has 0 aromatic carbocycles. The van der Waals surface area contributed by atoms with Gasteiger partial charge in [0.2, 0.25) is 0 Å². The van der Waals surface area contributed by atoms with Crippen molar-refractivity contribution in [3.05, 3.63) is 0 Å². The van der Waals surface area contributed by atoms with E-state index < -0.39 is 0 Å². The van der Waals surface area contributed by atoms with Crippen LogP contribution in [-0.2, 0) is 4.79 Å². The van der Waals surface area contributed by atoms with Crippen molar-refractivity contribution in [2.45, 2.75) is 39.5 Å². The molecule has 1 saturated carbocycles. The predicted octanol–water partition coefficient (Wildman–Crippen LogP) is 1.75. The molecule has 0 aromatic heterocycles. The van der Waals surface area contributed by atoms with Crippen LogP contribution in [-0.4, -0.2) is 18.9 Å². The number of rotatable bonds is 3. The number of Topliss-reactive ketones (excluding diaryl/α,β-unsaturated/α-hetero) is 1. The van der Waals surface area contributed by atoms with Crippen LogP contribution in [0.25, 0.3) is 0 Å². The molecule has 2 heteroatoms. The van der Waals surface area contributed by atoms with E-state index >= 15 is 0 Å². The highest BCUT2D eigenvalue weighted by atomic mass is 16.1. The minimum Gasteiger partial charge on any atom is -0.315 e. The fourth-order valence-electron chi connectivity index (χ4n) is 2.26. The minimum atomic E-state index is -0.0292. The number of hydrogen-bond acceptors (Lipinski definition) is 2. The van der Waals surface area contributed by atoms with Crippen LogP contribution in [0.15, 0.2) is 0 Å². The second-order valence-electron chi connectivity index (χ2n) is 5.43. The minimum absolute atomic E-state index is 0.0292. The molecule has 1 heterocycles. The van der Waals surface area contributed by atoms with E-state index in [1.54, 1.807) is 0 Å². The first-order valence-electron chi connectivity index (χ1n) is 5.28. The average Bonchev–Trinajstić information content (AvgIpc) is 1.97. The molecule has 1 aliphatic carbocycles. The van der Waals surface area contributed by atoms with Gasteiger partial charge in [0, 0.05) is 19.5 Å². The molecule has 74 valence electrons. The third-order valence-electron chi connectivity index (χ3n) is 3.85. The molecule has 13 heavy (non-hydrogen) atoms. The zero-order valence-electron chi connectivity index (χ0n) is 8.65. The van der Waals surface area contributed by atoms with E-state index in [2.05, 4.69) is 19.2 Å². The fourth-order valence-corrected chi connectivity index (χ4v) is 2.26. The summed E-state index contributed by atoms with van der Waals surface area (Å²) in [7, 11) is 0. The van der Waals surface area contributed by atoms with Gasteiger partial charge in [-0.3, -0.25) is 4.79 Å². The molecule has 2 rings (SSSR count). The van der Waals surface area contributed by atoms with Crippen LogP contribution in [0.4, 0.5) is 0 Å². The lowest BCUT2D eigenvalue weighted by atomic mass is 9.64. The maximum atomic E-state index is 11.9. The van der Waals surface area contributed by atoms with Gasteiger partial charge in [-0.25, -0.2) is 0 Å². The summed E-state index contributed by atoms with van der Waals surface area (Å²) in [4.78, 5) is 11.9. The van der Waals surface area contributed by atoms with E-state index in [0.29, 0.717) is 11.2 Å². The van der Waals surface area contributed by atoms with Gasteiger partial charge in [-0.05, 0) is 18.3 Å². The molecular formula is C11H19NO. The van der Waals surface area contributed by atoms with Crippen molar-refractivity contribution in [1.82, 2.24) is 5.32 Å². The Morgan fingerprint density at radius 2 is 1.92 bits per heavy atom. The maximum Gasteiger partial charge on any atom is 0.141 e. The van der Waals surface area contributed by atoms with Crippen LogP contribution in [0.5, 0.6) is 0 Å². The van der Waals surface area contributed by atoms with Crippen molar-refractivity contribution in [2.24, 2.45) is 10.8 Å².